The highest BCUT2D eigenvalue weighted by Gasteiger charge is 2.23. The predicted octanol–water partition coefficient (Wildman–Crippen LogP) is 2.22. The van der Waals surface area contributed by atoms with Crippen molar-refractivity contribution in [3.05, 3.63) is 29.3 Å². The van der Waals surface area contributed by atoms with Gasteiger partial charge in [-0.15, -0.1) is 0 Å². The molecular weight excluding hydrogens is 324 g/mol. The van der Waals surface area contributed by atoms with Gasteiger partial charge >= 0.3 is 5.97 Å². The van der Waals surface area contributed by atoms with Gasteiger partial charge in [-0.05, 0) is 56.9 Å². The number of esters is 1. The van der Waals surface area contributed by atoms with Crippen molar-refractivity contribution in [2.24, 2.45) is 5.41 Å². The number of aliphatic carboxylic acids is 1. The molecule has 0 unspecified atom stereocenters. The maximum atomic E-state index is 11.8. The van der Waals surface area contributed by atoms with Crippen LogP contribution in [0.25, 0.3) is 0 Å². The van der Waals surface area contributed by atoms with Gasteiger partial charge in [-0.1, -0.05) is 22.0 Å². The Morgan fingerprint density at radius 2 is 1.90 bits per heavy atom. The third-order valence-electron chi connectivity index (χ3n) is 2.74. The van der Waals surface area contributed by atoms with Gasteiger partial charge in [0.15, 0.2) is 0 Å². The lowest BCUT2D eigenvalue weighted by atomic mass is 9.97. The number of hydrogen-bond acceptors (Lipinski definition) is 4. The highest BCUT2D eigenvalue weighted by molar-refractivity contribution is 9.08. The van der Waals surface area contributed by atoms with E-state index in [-0.39, 0.29) is 12.4 Å². The van der Waals surface area contributed by atoms with Gasteiger partial charge < -0.3 is 14.6 Å². The molecular formula is C15H18BrO4-. The number of alkyl halides is 1. The summed E-state index contributed by atoms with van der Waals surface area (Å²) in [6.07, 6.45) is 0.373. The number of benzene rings is 1. The fourth-order valence-corrected chi connectivity index (χ4v) is 2.05. The number of ether oxygens (including phenoxy) is 1. The molecule has 0 N–H and O–H groups in total. The zero-order valence-corrected chi connectivity index (χ0v) is 13.5. The molecule has 0 fully saturated rings. The molecule has 1 aromatic rings. The molecule has 0 aromatic heterocycles. The fraction of sp³-hybridized carbons (Fsp3) is 0.467. The van der Waals surface area contributed by atoms with Gasteiger partial charge in [0.05, 0.1) is 5.41 Å². The zero-order chi connectivity index (χ0) is 15.3. The molecule has 0 aliphatic rings. The number of carboxylic acids is 1. The second-order valence-corrected chi connectivity index (χ2v) is 6.14. The molecule has 0 saturated carbocycles. The zero-order valence-electron chi connectivity index (χ0n) is 11.9. The van der Waals surface area contributed by atoms with Crippen LogP contribution in [-0.4, -0.2) is 11.9 Å². The maximum Gasteiger partial charge on any atom is 0.316 e. The molecule has 0 atom stereocenters. The second kappa shape index (κ2) is 6.88. The van der Waals surface area contributed by atoms with Gasteiger partial charge in [-0.2, -0.15) is 0 Å². The molecule has 1 rings (SSSR count). The average molecular weight is 342 g/mol. The van der Waals surface area contributed by atoms with Crippen LogP contribution in [0, 0.1) is 5.41 Å². The quantitative estimate of drug-likeness (QED) is 0.468. The first kappa shape index (κ1) is 16.7. The summed E-state index contributed by atoms with van der Waals surface area (Å²) in [5.74, 6) is -0.911. The molecule has 0 aliphatic heterocycles. The number of carboxylic acid groups (broad SMARTS) is 1. The molecule has 5 heteroatoms. The minimum absolute atomic E-state index is 0.0267. The van der Waals surface area contributed by atoms with Crippen LogP contribution >= 0.6 is 15.9 Å². The summed E-state index contributed by atoms with van der Waals surface area (Å²) in [6.45, 7) is 5.36. The van der Waals surface area contributed by atoms with Crippen molar-refractivity contribution in [1.82, 2.24) is 0 Å². The van der Waals surface area contributed by atoms with Crippen LogP contribution in [-0.2, 0) is 21.3 Å². The summed E-state index contributed by atoms with van der Waals surface area (Å²) in [7, 11) is 0. The van der Waals surface area contributed by atoms with E-state index in [1.807, 2.05) is 0 Å². The van der Waals surface area contributed by atoms with E-state index < -0.39 is 11.4 Å². The van der Waals surface area contributed by atoms with E-state index in [2.05, 4.69) is 15.9 Å². The van der Waals surface area contributed by atoms with Crippen molar-refractivity contribution in [3.8, 4) is 5.75 Å². The smallest absolute Gasteiger partial charge is 0.316 e. The van der Waals surface area contributed by atoms with Gasteiger partial charge in [0.1, 0.15) is 5.75 Å². The molecule has 110 valence electrons. The molecule has 0 radical (unpaired) electrons. The van der Waals surface area contributed by atoms with E-state index in [1.165, 1.54) is 0 Å². The number of aryl methyl sites for hydroxylation is 1. The summed E-state index contributed by atoms with van der Waals surface area (Å²) >= 11 is 3.35. The van der Waals surface area contributed by atoms with Crippen molar-refractivity contribution in [2.45, 2.75) is 38.9 Å². The van der Waals surface area contributed by atoms with E-state index in [4.69, 9.17) is 4.74 Å². The Kier molecular flexibility index (Phi) is 5.74. The molecule has 4 nitrogen and oxygen atoms in total. The fourth-order valence-electron chi connectivity index (χ4n) is 1.53. The van der Waals surface area contributed by atoms with Crippen LogP contribution in [0.5, 0.6) is 5.75 Å². The minimum Gasteiger partial charge on any atom is -0.550 e. The Morgan fingerprint density at radius 3 is 2.40 bits per heavy atom. The SMILES string of the molecule is CC(C)(C)C(=O)Oc1ccc(CCC(=O)[O-])c(CBr)c1. The van der Waals surface area contributed by atoms with E-state index in [1.54, 1.807) is 39.0 Å². The van der Waals surface area contributed by atoms with Crippen LogP contribution in [0.1, 0.15) is 38.3 Å². The van der Waals surface area contributed by atoms with E-state index in [0.717, 1.165) is 11.1 Å². The molecule has 0 saturated heterocycles. The van der Waals surface area contributed by atoms with Gasteiger partial charge in [-0.3, -0.25) is 4.79 Å². The Bertz CT molecular complexity index is 503. The summed E-state index contributed by atoms with van der Waals surface area (Å²) < 4.78 is 5.31. The Hall–Kier alpha value is -1.36. The lowest BCUT2D eigenvalue weighted by Crippen LogP contribution is -2.25. The molecule has 1 aromatic carbocycles. The van der Waals surface area contributed by atoms with E-state index >= 15 is 0 Å². The minimum atomic E-state index is -1.08. The Labute approximate surface area is 127 Å². The van der Waals surface area contributed by atoms with Crippen LogP contribution < -0.4 is 9.84 Å². The number of carbonyl (C=O) groups excluding carboxylic acids is 2. The largest absolute Gasteiger partial charge is 0.550 e. The van der Waals surface area contributed by atoms with Crippen molar-refractivity contribution in [2.75, 3.05) is 0 Å². The van der Waals surface area contributed by atoms with E-state index in [0.29, 0.717) is 17.5 Å². The Balaban J connectivity index is 2.87. The lowest BCUT2D eigenvalue weighted by Gasteiger charge is -2.17. The topological polar surface area (TPSA) is 66.4 Å². The van der Waals surface area contributed by atoms with Crippen LogP contribution in [0.4, 0.5) is 0 Å². The monoisotopic (exact) mass is 341 g/mol. The number of carbonyl (C=O) groups is 2. The number of halogens is 1. The molecule has 0 aliphatic carbocycles. The van der Waals surface area contributed by atoms with E-state index in [9.17, 15) is 14.7 Å². The third-order valence-corrected chi connectivity index (χ3v) is 3.35. The molecule has 20 heavy (non-hydrogen) atoms. The normalized spacial score (nSPS) is 11.2. The van der Waals surface area contributed by atoms with Gasteiger partial charge in [0.2, 0.25) is 0 Å². The molecule has 0 heterocycles. The van der Waals surface area contributed by atoms with Crippen molar-refractivity contribution < 1.29 is 19.4 Å². The number of hydrogen-bond donors (Lipinski definition) is 0. The van der Waals surface area contributed by atoms with Crippen LogP contribution in [0.15, 0.2) is 18.2 Å². The standard InChI is InChI=1S/C15H19BrO4/c1-15(2,3)14(19)20-12-6-4-10(5-7-13(17)18)11(8-12)9-16/h4,6,8H,5,7,9H2,1-3H3,(H,17,18)/p-1. The highest BCUT2D eigenvalue weighted by Crippen LogP contribution is 2.24. The van der Waals surface area contributed by atoms with Crippen LogP contribution in [0.3, 0.4) is 0 Å². The first-order valence-corrected chi connectivity index (χ1v) is 7.46. The van der Waals surface area contributed by atoms with Gasteiger partial charge in [0.25, 0.3) is 0 Å². The lowest BCUT2D eigenvalue weighted by molar-refractivity contribution is -0.305. The summed E-state index contributed by atoms with van der Waals surface area (Å²) in [6, 6.07) is 5.22. The van der Waals surface area contributed by atoms with Crippen molar-refractivity contribution >= 4 is 27.9 Å². The average Bonchev–Trinajstić information content (AvgIpc) is 2.35. The van der Waals surface area contributed by atoms with Crippen molar-refractivity contribution in [3.63, 3.8) is 0 Å². The molecule has 0 amide bonds. The second-order valence-electron chi connectivity index (χ2n) is 5.58. The van der Waals surface area contributed by atoms with Gasteiger partial charge in [-0.25, -0.2) is 0 Å². The summed E-state index contributed by atoms with van der Waals surface area (Å²) in [5, 5.41) is 11.1. The summed E-state index contributed by atoms with van der Waals surface area (Å²) in [4.78, 5) is 22.3. The van der Waals surface area contributed by atoms with Crippen molar-refractivity contribution in [1.29, 1.82) is 0 Å². The first-order chi connectivity index (χ1) is 9.24. The van der Waals surface area contributed by atoms with Gasteiger partial charge in [0, 0.05) is 11.3 Å². The molecule has 0 bridgehead atoms. The maximum absolute atomic E-state index is 11.8. The van der Waals surface area contributed by atoms with Crippen LogP contribution in [0.2, 0.25) is 0 Å². The third kappa shape index (κ3) is 4.96. The predicted molar refractivity (Wildman–Crippen MR) is 77.5 cm³/mol. The summed E-state index contributed by atoms with van der Waals surface area (Å²) in [5.41, 5.74) is 1.24. The highest BCUT2D eigenvalue weighted by atomic mass is 79.9. The molecule has 0 spiro atoms. The number of rotatable bonds is 5. The Morgan fingerprint density at radius 1 is 1.25 bits per heavy atom. The first-order valence-electron chi connectivity index (χ1n) is 6.34.